The van der Waals surface area contributed by atoms with Crippen LogP contribution in [0.25, 0.3) is 6.08 Å². The van der Waals surface area contributed by atoms with E-state index in [9.17, 15) is 9.59 Å². The predicted molar refractivity (Wildman–Crippen MR) is 114 cm³/mol. The van der Waals surface area contributed by atoms with Crippen LogP contribution in [0, 0.1) is 0 Å². The Labute approximate surface area is 175 Å². The van der Waals surface area contributed by atoms with Gasteiger partial charge in [0.15, 0.2) is 11.5 Å². The van der Waals surface area contributed by atoms with Crippen molar-refractivity contribution in [3.05, 3.63) is 65.4 Å². The quantitative estimate of drug-likeness (QED) is 0.568. The number of fused-ring (bicyclic) bond motifs is 1. The molecule has 0 aliphatic carbocycles. The van der Waals surface area contributed by atoms with Crippen molar-refractivity contribution in [2.24, 2.45) is 0 Å². The summed E-state index contributed by atoms with van der Waals surface area (Å²) in [5.41, 5.74) is 2.02. The summed E-state index contributed by atoms with van der Waals surface area (Å²) in [4.78, 5) is 26.9. The molecule has 0 saturated carbocycles. The minimum atomic E-state index is -0.296. The van der Waals surface area contributed by atoms with Crippen molar-refractivity contribution in [2.75, 3.05) is 44.7 Å². The molecule has 4 rings (SSSR count). The van der Waals surface area contributed by atoms with E-state index >= 15 is 0 Å². The van der Waals surface area contributed by atoms with E-state index in [0.717, 1.165) is 44.8 Å². The van der Waals surface area contributed by atoms with Gasteiger partial charge in [-0.2, -0.15) is 0 Å². The van der Waals surface area contributed by atoms with E-state index in [0.29, 0.717) is 23.5 Å². The molecule has 2 aromatic rings. The molecule has 1 saturated heterocycles. The highest BCUT2D eigenvalue weighted by Gasteiger charge is 2.21. The minimum Gasteiger partial charge on any atom is -0.449 e. The minimum absolute atomic E-state index is 0.100. The summed E-state index contributed by atoms with van der Waals surface area (Å²) in [6, 6.07) is 14.4. The Morgan fingerprint density at radius 3 is 2.67 bits per heavy atom. The summed E-state index contributed by atoms with van der Waals surface area (Å²) in [5.74, 6) is 0.429. The van der Waals surface area contributed by atoms with Crippen molar-refractivity contribution < 1.29 is 19.1 Å². The van der Waals surface area contributed by atoms with Crippen LogP contribution in [0.1, 0.15) is 22.3 Å². The maximum absolute atomic E-state index is 12.3. The predicted octanol–water partition coefficient (Wildman–Crippen LogP) is 2.51. The second-order valence-corrected chi connectivity index (χ2v) is 7.25. The van der Waals surface area contributed by atoms with Crippen LogP contribution in [0.2, 0.25) is 0 Å². The number of anilines is 1. The topological polar surface area (TPSA) is 79.9 Å². The monoisotopic (exact) mass is 407 g/mol. The van der Waals surface area contributed by atoms with Crippen molar-refractivity contribution >= 4 is 23.6 Å². The van der Waals surface area contributed by atoms with E-state index in [1.54, 1.807) is 42.5 Å². The molecule has 0 spiro atoms. The molecule has 2 aliphatic rings. The lowest BCUT2D eigenvalue weighted by Gasteiger charge is -2.26. The van der Waals surface area contributed by atoms with E-state index in [4.69, 9.17) is 9.47 Å². The Kier molecular flexibility index (Phi) is 6.41. The first-order chi connectivity index (χ1) is 14.7. The Balaban J connectivity index is 1.30. The fourth-order valence-corrected chi connectivity index (χ4v) is 3.42. The van der Waals surface area contributed by atoms with Crippen LogP contribution < -0.4 is 15.4 Å². The molecule has 7 nitrogen and oxygen atoms in total. The van der Waals surface area contributed by atoms with Gasteiger partial charge in [0.1, 0.15) is 0 Å². The second-order valence-electron chi connectivity index (χ2n) is 7.25. The third kappa shape index (κ3) is 5.06. The van der Waals surface area contributed by atoms with Crippen molar-refractivity contribution in [1.29, 1.82) is 0 Å². The number of nitrogens with zero attached hydrogens (tertiary/aromatic N) is 1. The Hall–Kier alpha value is -3.16. The van der Waals surface area contributed by atoms with Crippen LogP contribution in [0.3, 0.4) is 0 Å². The third-order valence-electron chi connectivity index (χ3n) is 5.09. The lowest BCUT2D eigenvalue weighted by Crippen LogP contribution is -2.38. The van der Waals surface area contributed by atoms with Gasteiger partial charge in [-0.3, -0.25) is 14.5 Å². The number of para-hydroxylation sites is 2. The Morgan fingerprint density at radius 2 is 1.87 bits per heavy atom. The lowest BCUT2D eigenvalue weighted by atomic mass is 10.1. The molecule has 156 valence electrons. The van der Waals surface area contributed by atoms with Gasteiger partial charge in [-0.15, -0.1) is 0 Å². The zero-order valence-electron chi connectivity index (χ0n) is 16.7. The van der Waals surface area contributed by atoms with E-state index in [-0.39, 0.29) is 17.6 Å². The normalized spacial score (nSPS) is 17.7. The largest absolute Gasteiger partial charge is 0.449 e. The highest BCUT2D eigenvalue weighted by molar-refractivity contribution is 6.08. The first-order valence-corrected chi connectivity index (χ1v) is 10.2. The first-order valence-electron chi connectivity index (χ1n) is 10.2. The van der Waals surface area contributed by atoms with Crippen LogP contribution in [0.15, 0.2) is 54.3 Å². The molecular weight excluding hydrogens is 382 g/mol. The number of nitrogens with one attached hydrogen (secondary N) is 2. The number of benzene rings is 2. The van der Waals surface area contributed by atoms with Gasteiger partial charge in [0.25, 0.3) is 11.8 Å². The number of carbonyl (C=O) groups is 2. The highest BCUT2D eigenvalue weighted by atomic mass is 16.5. The summed E-state index contributed by atoms with van der Waals surface area (Å²) in [7, 11) is 0. The molecule has 2 N–H and O–H groups in total. The fraction of sp³-hybridized carbons (Fsp3) is 0.304. The molecule has 2 aromatic carbocycles. The van der Waals surface area contributed by atoms with Crippen LogP contribution >= 0.6 is 0 Å². The molecule has 2 heterocycles. The molecule has 0 aromatic heterocycles. The van der Waals surface area contributed by atoms with E-state index < -0.39 is 0 Å². The maximum atomic E-state index is 12.3. The van der Waals surface area contributed by atoms with Gasteiger partial charge in [-0.1, -0.05) is 24.3 Å². The Bertz CT molecular complexity index is 934. The van der Waals surface area contributed by atoms with Crippen LogP contribution in [0.5, 0.6) is 5.75 Å². The van der Waals surface area contributed by atoms with Crippen molar-refractivity contribution in [1.82, 2.24) is 10.2 Å². The van der Waals surface area contributed by atoms with Gasteiger partial charge in [0, 0.05) is 25.2 Å². The molecule has 1 fully saturated rings. The van der Waals surface area contributed by atoms with E-state index in [2.05, 4.69) is 15.5 Å². The molecule has 30 heavy (non-hydrogen) atoms. The zero-order valence-corrected chi connectivity index (χ0v) is 16.7. The first kappa shape index (κ1) is 20.1. The number of morpholine rings is 1. The summed E-state index contributed by atoms with van der Waals surface area (Å²) in [6.07, 6.45) is 2.57. The van der Waals surface area contributed by atoms with Gasteiger partial charge < -0.3 is 20.1 Å². The van der Waals surface area contributed by atoms with Crippen molar-refractivity contribution in [3.8, 4) is 5.75 Å². The van der Waals surface area contributed by atoms with Gasteiger partial charge in [0.2, 0.25) is 0 Å². The number of rotatable bonds is 6. The number of hydrogen-bond donors (Lipinski definition) is 2. The van der Waals surface area contributed by atoms with Gasteiger partial charge >= 0.3 is 0 Å². The molecule has 0 unspecified atom stereocenters. The third-order valence-corrected chi connectivity index (χ3v) is 5.09. The smallest absolute Gasteiger partial charge is 0.291 e. The van der Waals surface area contributed by atoms with Crippen molar-refractivity contribution in [3.63, 3.8) is 0 Å². The summed E-state index contributed by atoms with van der Waals surface area (Å²) >= 11 is 0. The van der Waals surface area contributed by atoms with Gasteiger partial charge in [-0.25, -0.2) is 0 Å². The summed E-state index contributed by atoms with van der Waals surface area (Å²) in [6.45, 7) is 5.08. The molecule has 2 amide bonds. The molecule has 0 radical (unpaired) electrons. The lowest BCUT2D eigenvalue weighted by molar-refractivity contribution is -0.115. The van der Waals surface area contributed by atoms with Crippen molar-refractivity contribution in [2.45, 2.75) is 6.42 Å². The van der Waals surface area contributed by atoms with E-state index in [1.165, 1.54) is 0 Å². The average Bonchev–Trinajstić information content (AvgIpc) is 2.78. The molecule has 0 bridgehead atoms. The molecule has 2 aliphatic heterocycles. The SMILES string of the molecule is O=C1Nc2ccccc2OC1=Cc1ccc(C(=O)NCCCN2CCOCC2)cc1. The molecular formula is C23H25N3O4. The number of amides is 2. The fourth-order valence-electron chi connectivity index (χ4n) is 3.42. The number of carbonyl (C=O) groups excluding carboxylic acids is 2. The average molecular weight is 407 g/mol. The Morgan fingerprint density at radius 1 is 1.10 bits per heavy atom. The molecule has 7 heteroatoms. The second kappa shape index (κ2) is 9.56. The van der Waals surface area contributed by atoms with Crippen LogP contribution in [-0.2, 0) is 9.53 Å². The summed E-state index contributed by atoms with van der Waals surface area (Å²) < 4.78 is 11.0. The standard InChI is InChI=1S/C23H25N3O4/c27-22(24-10-3-11-26-12-14-29-15-13-26)18-8-6-17(7-9-18)16-21-23(28)25-19-4-1-2-5-20(19)30-21/h1-2,4-9,16H,3,10-15H2,(H,24,27)(H,25,28). The van der Waals surface area contributed by atoms with Crippen LogP contribution in [0.4, 0.5) is 5.69 Å². The van der Waals surface area contributed by atoms with E-state index in [1.807, 2.05) is 12.1 Å². The molecule has 0 atom stereocenters. The van der Waals surface area contributed by atoms with Crippen LogP contribution in [-0.4, -0.2) is 56.1 Å². The maximum Gasteiger partial charge on any atom is 0.291 e. The zero-order chi connectivity index (χ0) is 20.8. The van der Waals surface area contributed by atoms with Gasteiger partial charge in [0.05, 0.1) is 18.9 Å². The highest BCUT2D eigenvalue weighted by Crippen LogP contribution is 2.30. The number of hydrogen-bond acceptors (Lipinski definition) is 5. The summed E-state index contributed by atoms with van der Waals surface area (Å²) in [5, 5.41) is 5.76. The van der Waals surface area contributed by atoms with Gasteiger partial charge in [-0.05, 0) is 48.9 Å². The number of ether oxygens (including phenoxy) is 2.